The summed E-state index contributed by atoms with van der Waals surface area (Å²) in [6.07, 6.45) is 3.25. The zero-order valence-corrected chi connectivity index (χ0v) is 10.8. The maximum Gasteiger partial charge on any atom is 0.0933 e. The molecule has 2 rings (SSSR count). The number of aryl methyl sites for hydroxylation is 1. The van der Waals surface area contributed by atoms with Crippen molar-refractivity contribution in [2.45, 2.75) is 33.0 Å². The third-order valence-corrected chi connectivity index (χ3v) is 2.83. The summed E-state index contributed by atoms with van der Waals surface area (Å²) in [6, 6.07) is 14.4. The van der Waals surface area contributed by atoms with Crippen molar-refractivity contribution in [2.24, 2.45) is 0 Å². The fraction of sp³-hybridized carbons (Fsp3) is 0.333. The van der Waals surface area contributed by atoms with E-state index in [2.05, 4.69) is 47.4 Å². The molecule has 2 aromatic rings. The van der Waals surface area contributed by atoms with Crippen LogP contribution in [0, 0.1) is 0 Å². The minimum atomic E-state index is 0.593. The van der Waals surface area contributed by atoms with E-state index in [-0.39, 0.29) is 0 Å². The topological polar surface area (TPSA) is 26.2 Å². The Morgan fingerprint density at radius 1 is 1.11 bits per heavy atom. The van der Waals surface area contributed by atoms with Crippen LogP contribution in [0.5, 0.6) is 0 Å². The van der Waals surface area contributed by atoms with Gasteiger partial charge in [0.1, 0.15) is 0 Å². The van der Waals surface area contributed by atoms with E-state index in [1.807, 2.05) is 18.2 Å². The first-order chi connectivity index (χ1) is 8.90. The van der Waals surface area contributed by atoms with Gasteiger partial charge in [0.25, 0.3) is 0 Å². The van der Waals surface area contributed by atoms with Gasteiger partial charge in [0.15, 0.2) is 0 Å². The highest BCUT2D eigenvalue weighted by atomic mass is 16.6. The molecule has 0 radical (unpaired) electrons. The van der Waals surface area contributed by atoms with Crippen molar-refractivity contribution in [1.29, 1.82) is 0 Å². The number of aromatic nitrogens is 1. The van der Waals surface area contributed by atoms with E-state index in [4.69, 9.17) is 4.84 Å². The third-order valence-electron chi connectivity index (χ3n) is 2.83. The number of nitrogens with one attached hydrogen (secondary N) is 1. The van der Waals surface area contributed by atoms with Crippen LogP contribution in [0.15, 0.2) is 48.7 Å². The average Bonchev–Trinajstić information content (AvgIpc) is 2.84. The molecule has 96 valence electrons. The van der Waals surface area contributed by atoms with Crippen LogP contribution in [0.4, 0.5) is 0 Å². The maximum absolute atomic E-state index is 5.46. The van der Waals surface area contributed by atoms with Crippen molar-refractivity contribution < 1.29 is 4.84 Å². The first-order valence-electron chi connectivity index (χ1n) is 6.42. The highest BCUT2D eigenvalue weighted by Gasteiger charge is 1.99. The molecule has 0 aliphatic carbocycles. The summed E-state index contributed by atoms with van der Waals surface area (Å²) in [5.74, 6) is 0. The second kappa shape index (κ2) is 6.99. The molecule has 1 heterocycles. The summed E-state index contributed by atoms with van der Waals surface area (Å²) in [5.41, 5.74) is 5.44. The summed E-state index contributed by atoms with van der Waals surface area (Å²) >= 11 is 0. The lowest BCUT2D eigenvalue weighted by molar-refractivity contribution is 0.0223. The van der Waals surface area contributed by atoms with Crippen LogP contribution in [0.25, 0.3) is 0 Å². The van der Waals surface area contributed by atoms with Crippen LogP contribution in [0.2, 0.25) is 0 Å². The lowest BCUT2D eigenvalue weighted by Crippen LogP contribution is -2.16. The van der Waals surface area contributed by atoms with E-state index in [1.165, 1.54) is 11.3 Å². The van der Waals surface area contributed by atoms with Crippen LogP contribution in [-0.2, 0) is 24.5 Å². The molecule has 18 heavy (non-hydrogen) atoms. The Hall–Kier alpha value is -1.58. The van der Waals surface area contributed by atoms with Gasteiger partial charge in [-0.1, -0.05) is 37.3 Å². The summed E-state index contributed by atoms with van der Waals surface area (Å²) < 4.78 is 2.25. The SMILES string of the molecule is CCCn1cccc1CNOCc1ccccc1. The standard InChI is InChI=1S/C15H20N2O/c1-2-10-17-11-6-9-15(17)12-16-18-13-14-7-4-3-5-8-14/h3-9,11,16H,2,10,12-13H2,1H3. The van der Waals surface area contributed by atoms with Gasteiger partial charge in [-0.15, -0.1) is 0 Å². The van der Waals surface area contributed by atoms with E-state index in [0.717, 1.165) is 19.5 Å². The summed E-state index contributed by atoms with van der Waals surface area (Å²) in [6.45, 7) is 4.57. The van der Waals surface area contributed by atoms with E-state index in [0.29, 0.717) is 6.61 Å². The highest BCUT2D eigenvalue weighted by Crippen LogP contribution is 2.04. The average molecular weight is 244 g/mol. The molecule has 0 spiro atoms. The predicted molar refractivity (Wildman–Crippen MR) is 72.8 cm³/mol. The van der Waals surface area contributed by atoms with Gasteiger partial charge in [0, 0.05) is 18.4 Å². The molecular weight excluding hydrogens is 224 g/mol. The van der Waals surface area contributed by atoms with Crippen molar-refractivity contribution in [3.05, 3.63) is 59.9 Å². The summed E-state index contributed by atoms with van der Waals surface area (Å²) in [7, 11) is 0. The molecule has 0 aliphatic rings. The predicted octanol–water partition coefficient (Wildman–Crippen LogP) is 3.12. The third kappa shape index (κ3) is 3.72. The van der Waals surface area contributed by atoms with E-state index < -0.39 is 0 Å². The number of benzene rings is 1. The Kier molecular flexibility index (Phi) is 5.00. The fourth-order valence-electron chi connectivity index (χ4n) is 1.90. The van der Waals surface area contributed by atoms with Crippen molar-refractivity contribution in [3.63, 3.8) is 0 Å². The highest BCUT2D eigenvalue weighted by molar-refractivity contribution is 5.13. The lowest BCUT2D eigenvalue weighted by atomic mass is 10.2. The molecular formula is C15H20N2O. The minimum absolute atomic E-state index is 0.593. The van der Waals surface area contributed by atoms with Gasteiger partial charge in [-0.25, -0.2) is 0 Å². The van der Waals surface area contributed by atoms with Gasteiger partial charge in [0.2, 0.25) is 0 Å². The first kappa shape index (κ1) is 12.9. The molecule has 3 heteroatoms. The second-order valence-electron chi connectivity index (χ2n) is 4.29. The first-order valence-corrected chi connectivity index (χ1v) is 6.42. The number of hydroxylamine groups is 1. The molecule has 0 bridgehead atoms. The maximum atomic E-state index is 5.46. The molecule has 0 saturated carbocycles. The Balaban J connectivity index is 1.73. The Morgan fingerprint density at radius 2 is 1.94 bits per heavy atom. The molecule has 0 amide bonds. The zero-order valence-electron chi connectivity index (χ0n) is 10.8. The van der Waals surface area contributed by atoms with Crippen LogP contribution in [0.1, 0.15) is 24.6 Å². The molecule has 0 aliphatic heterocycles. The van der Waals surface area contributed by atoms with Crippen molar-refractivity contribution in [1.82, 2.24) is 10.0 Å². The number of hydrogen-bond donors (Lipinski definition) is 1. The Labute approximate surface area is 108 Å². The van der Waals surface area contributed by atoms with Gasteiger partial charge in [-0.2, -0.15) is 5.48 Å². The van der Waals surface area contributed by atoms with Gasteiger partial charge >= 0.3 is 0 Å². The van der Waals surface area contributed by atoms with Crippen molar-refractivity contribution in [3.8, 4) is 0 Å². The quantitative estimate of drug-likeness (QED) is 0.598. The molecule has 0 fully saturated rings. The van der Waals surface area contributed by atoms with E-state index in [1.54, 1.807) is 0 Å². The fourth-order valence-corrected chi connectivity index (χ4v) is 1.90. The van der Waals surface area contributed by atoms with Gasteiger partial charge in [0.05, 0.1) is 13.2 Å². The van der Waals surface area contributed by atoms with E-state index in [9.17, 15) is 0 Å². The lowest BCUT2D eigenvalue weighted by Gasteiger charge is -2.09. The summed E-state index contributed by atoms with van der Waals surface area (Å²) in [5, 5.41) is 0. The van der Waals surface area contributed by atoms with Gasteiger partial charge < -0.3 is 4.57 Å². The van der Waals surface area contributed by atoms with Crippen molar-refractivity contribution in [2.75, 3.05) is 0 Å². The second-order valence-corrected chi connectivity index (χ2v) is 4.29. The minimum Gasteiger partial charge on any atom is -0.350 e. The molecule has 1 aromatic carbocycles. The number of rotatable bonds is 7. The molecule has 0 saturated heterocycles. The molecule has 1 N–H and O–H groups in total. The molecule has 0 unspecified atom stereocenters. The molecule has 0 atom stereocenters. The van der Waals surface area contributed by atoms with Crippen molar-refractivity contribution >= 4 is 0 Å². The van der Waals surface area contributed by atoms with Crippen LogP contribution in [0.3, 0.4) is 0 Å². The number of nitrogens with zero attached hydrogens (tertiary/aromatic N) is 1. The normalized spacial score (nSPS) is 10.7. The monoisotopic (exact) mass is 244 g/mol. The van der Waals surface area contributed by atoms with Crippen LogP contribution < -0.4 is 5.48 Å². The molecule has 1 aromatic heterocycles. The Morgan fingerprint density at radius 3 is 2.72 bits per heavy atom. The van der Waals surface area contributed by atoms with Gasteiger partial charge in [-0.05, 0) is 24.1 Å². The van der Waals surface area contributed by atoms with Crippen LogP contribution >= 0.6 is 0 Å². The van der Waals surface area contributed by atoms with E-state index >= 15 is 0 Å². The summed E-state index contributed by atoms with van der Waals surface area (Å²) in [4.78, 5) is 5.46. The smallest absolute Gasteiger partial charge is 0.0933 e. The molecule has 3 nitrogen and oxygen atoms in total. The van der Waals surface area contributed by atoms with Crippen LogP contribution in [-0.4, -0.2) is 4.57 Å². The zero-order chi connectivity index (χ0) is 12.6. The largest absolute Gasteiger partial charge is 0.350 e. The van der Waals surface area contributed by atoms with Gasteiger partial charge in [-0.3, -0.25) is 4.84 Å². The Bertz CT molecular complexity index is 451. The number of hydrogen-bond acceptors (Lipinski definition) is 2.